The Balaban J connectivity index is 1.37. The predicted octanol–water partition coefficient (Wildman–Crippen LogP) is 4.54. The SMILES string of the molecule is C[C@@H]1CCC[C@H](N2CCN(Cc3cccc4ccccc34)CC2)C1. The van der Waals surface area contributed by atoms with Crippen LogP contribution < -0.4 is 0 Å². The van der Waals surface area contributed by atoms with Crippen LogP contribution in [0.2, 0.25) is 0 Å². The molecule has 1 saturated heterocycles. The largest absolute Gasteiger partial charge is 0.298 e. The first-order chi connectivity index (χ1) is 11.8. The lowest BCUT2D eigenvalue weighted by atomic mass is 9.86. The molecule has 0 bridgehead atoms. The van der Waals surface area contributed by atoms with E-state index in [0.717, 1.165) is 18.5 Å². The van der Waals surface area contributed by atoms with Crippen molar-refractivity contribution in [2.24, 2.45) is 5.92 Å². The van der Waals surface area contributed by atoms with E-state index in [1.165, 1.54) is 68.2 Å². The van der Waals surface area contributed by atoms with Crippen LogP contribution in [0.3, 0.4) is 0 Å². The van der Waals surface area contributed by atoms with Crippen LogP contribution in [0.25, 0.3) is 10.8 Å². The van der Waals surface area contributed by atoms with Gasteiger partial charge in [0.25, 0.3) is 0 Å². The predicted molar refractivity (Wildman–Crippen MR) is 102 cm³/mol. The fraction of sp³-hybridized carbons (Fsp3) is 0.545. The zero-order chi connectivity index (χ0) is 16.4. The first-order valence-corrected chi connectivity index (χ1v) is 9.72. The third-order valence-corrected chi connectivity index (χ3v) is 6.11. The van der Waals surface area contributed by atoms with Crippen molar-refractivity contribution >= 4 is 10.8 Å². The molecule has 128 valence electrons. The van der Waals surface area contributed by atoms with E-state index in [2.05, 4.69) is 59.2 Å². The monoisotopic (exact) mass is 322 g/mol. The van der Waals surface area contributed by atoms with Gasteiger partial charge in [-0.25, -0.2) is 0 Å². The van der Waals surface area contributed by atoms with Crippen molar-refractivity contribution in [3.63, 3.8) is 0 Å². The highest BCUT2D eigenvalue weighted by Crippen LogP contribution is 2.28. The number of piperazine rings is 1. The maximum absolute atomic E-state index is 2.77. The molecule has 0 unspecified atom stereocenters. The fourth-order valence-electron chi connectivity index (χ4n) is 4.69. The quantitative estimate of drug-likeness (QED) is 0.819. The molecule has 0 aromatic heterocycles. The molecule has 1 heterocycles. The Bertz CT molecular complexity index is 667. The van der Waals surface area contributed by atoms with Crippen LogP contribution in [-0.4, -0.2) is 42.0 Å². The van der Waals surface area contributed by atoms with Crippen LogP contribution in [0, 0.1) is 5.92 Å². The van der Waals surface area contributed by atoms with E-state index >= 15 is 0 Å². The molecular weight excluding hydrogens is 292 g/mol. The molecule has 2 aliphatic rings. The van der Waals surface area contributed by atoms with Gasteiger partial charge in [0, 0.05) is 38.8 Å². The average molecular weight is 322 g/mol. The van der Waals surface area contributed by atoms with E-state index in [0.29, 0.717) is 0 Å². The molecule has 1 saturated carbocycles. The number of benzene rings is 2. The van der Waals surface area contributed by atoms with Crippen LogP contribution >= 0.6 is 0 Å². The Morgan fingerprint density at radius 3 is 2.54 bits per heavy atom. The summed E-state index contributed by atoms with van der Waals surface area (Å²) in [7, 11) is 0. The van der Waals surface area contributed by atoms with Crippen molar-refractivity contribution in [2.75, 3.05) is 26.2 Å². The minimum atomic E-state index is 0.855. The summed E-state index contributed by atoms with van der Waals surface area (Å²) in [6.45, 7) is 8.46. The molecule has 1 aliphatic carbocycles. The summed E-state index contributed by atoms with van der Waals surface area (Å²) in [5, 5.41) is 2.79. The molecule has 2 atom stereocenters. The van der Waals surface area contributed by atoms with Gasteiger partial charge in [-0.05, 0) is 35.1 Å². The molecule has 0 N–H and O–H groups in total. The van der Waals surface area contributed by atoms with E-state index in [1.807, 2.05) is 0 Å². The second-order valence-electron chi connectivity index (χ2n) is 7.88. The van der Waals surface area contributed by atoms with Gasteiger partial charge < -0.3 is 0 Å². The Labute approximate surface area is 146 Å². The lowest BCUT2D eigenvalue weighted by Crippen LogP contribution is -2.50. The lowest BCUT2D eigenvalue weighted by Gasteiger charge is -2.42. The van der Waals surface area contributed by atoms with Crippen molar-refractivity contribution in [2.45, 2.75) is 45.2 Å². The van der Waals surface area contributed by atoms with Gasteiger partial charge in [0.1, 0.15) is 0 Å². The third-order valence-electron chi connectivity index (χ3n) is 6.11. The van der Waals surface area contributed by atoms with Gasteiger partial charge in [0.05, 0.1) is 0 Å². The molecule has 2 nitrogen and oxygen atoms in total. The maximum atomic E-state index is 2.77. The van der Waals surface area contributed by atoms with E-state index in [-0.39, 0.29) is 0 Å². The lowest BCUT2D eigenvalue weighted by molar-refractivity contribution is 0.0661. The Kier molecular flexibility index (Phi) is 4.86. The van der Waals surface area contributed by atoms with E-state index in [4.69, 9.17) is 0 Å². The third kappa shape index (κ3) is 3.50. The van der Waals surface area contributed by atoms with Crippen molar-refractivity contribution in [1.29, 1.82) is 0 Å². The fourth-order valence-corrected chi connectivity index (χ4v) is 4.69. The van der Waals surface area contributed by atoms with Crippen molar-refractivity contribution in [3.8, 4) is 0 Å². The summed E-state index contributed by atoms with van der Waals surface area (Å²) in [4.78, 5) is 5.42. The zero-order valence-corrected chi connectivity index (χ0v) is 15.0. The molecule has 1 aliphatic heterocycles. The van der Waals surface area contributed by atoms with Gasteiger partial charge in [0.15, 0.2) is 0 Å². The van der Waals surface area contributed by atoms with Crippen molar-refractivity contribution in [1.82, 2.24) is 9.80 Å². The highest BCUT2D eigenvalue weighted by molar-refractivity contribution is 5.85. The van der Waals surface area contributed by atoms with Gasteiger partial charge >= 0.3 is 0 Å². The van der Waals surface area contributed by atoms with Gasteiger partial charge in [-0.15, -0.1) is 0 Å². The van der Waals surface area contributed by atoms with E-state index in [1.54, 1.807) is 0 Å². The molecule has 2 aromatic rings. The molecule has 0 spiro atoms. The van der Waals surface area contributed by atoms with E-state index < -0.39 is 0 Å². The minimum Gasteiger partial charge on any atom is -0.298 e. The molecule has 2 heteroatoms. The number of hydrogen-bond donors (Lipinski definition) is 0. The Hall–Kier alpha value is -1.38. The second-order valence-corrected chi connectivity index (χ2v) is 7.88. The molecular formula is C22H30N2. The van der Waals surface area contributed by atoms with Gasteiger partial charge in [-0.3, -0.25) is 9.80 Å². The smallest absolute Gasteiger partial charge is 0.0240 e. The van der Waals surface area contributed by atoms with Crippen LogP contribution in [0.4, 0.5) is 0 Å². The van der Waals surface area contributed by atoms with Crippen LogP contribution in [0.15, 0.2) is 42.5 Å². The summed E-state index contributed by atoms with van der Waals surface area (Å²) < 4.78 is 0. The van der Waals surface area contributed by atoms with Crippen molar-refractivity contribution < 1.29 is 0 Å². The van der Waals surface area contributed by atoms with Crippen LogP contribution in [0.5, 0.6) is 0 Å². The molecule has 2 fully saturated rings. The molecule has 0 radical (unpaired) electrons. The van der Waals surface area contributed by atoms with Crippen LogP contribution in [0.1, 0.15) is 38.2 Å². The Morgan fingerprint density at radius 1 is 0.917 bits per heavy atom. The molecule has 24 heavy (non-hydrogen) atoms. The van der Waals surface area contributed by atoms with Gasteiger partial charge in [0.2, 0.25) is 0 Å². The standard InChI is InChI=1S/C22H30N2/c1-18-6-4-10-21(16-18)24-14-12-23(13-15-24)17-20-9-5-8-19-7-2-3-11-22(19)20/h2-3,5,7-9,11,18,21H,4,6,10,12-17H2,1H3/t18-,21+/m1/s1. The first kappa shape index (κ1) is 16.1. The molecule has 0 amide bonds. The second kappa shape index (κ2) is 7.25. The van der Waals surface area contributed by atoms with Gasteiger partial charge in [-0.2, -0.15) is 0 Å². The van der Waals surface area contributed by atoms with Crippen molar-refractivity contribution in [3.05, 3.63) is 48.0 Å². The van der Waals surface area contributed by atoms with Gasteiger partial charge in [-0.1, -0.05) is 62.2 Å². The number of nitrogens with zero attached hydrogens (tertiary/aromatic N) is 2. The number of hydrogen-bond acceptors (Lipinski definition) is 2. The molecule has 2 aromatic carbocycles. The Morgan fingerprint density at radius 2 is 1.71 bits per heavy atom. The molecule has 4 rings (SSSR count). The zero-order valence-electron chi connectivity index (χ0n) is 15.0. The number of fused-ring (bicyclic) bond motifs is 1. The topological polar surface area (TPSA) is 6.48 Å². The van der Waals surface area contributed by atoms with Crippen LogP contribution in [-0.2, 0) is 6.54 Å². The summed E-state index contributed by atoms with van der Waals surface area (Å²) in [5.74, 6) is 0.928. The summed E-state index contributed by atoms with van der Waals surface area (Å²) in [5.41, 5.74) is 1.48. The number of rotatable bonds is 3. The highest BCUT2D eigenvalue weighted by Gasteiger charge is 2.27. The normalized spacial score (nSPS) is 26.7. The average Bonchev–Trinajstić information content (AvgIpc) is 2.63. The summed E-state index contributed by atoms with van der Waals surface area (Å²) >= 11 is 0. The first-order valence-electron chi connectivity index (χ1n) is 9.72. The summed E-state index contributed by atoms with van der Waals surface area (Å²) in [6.07, 6.45) is 5.72. The van der Waals surface area contributed by atoms with E-state index in [9.17, 15) is 0 Å². The highest BCUT2D eigenvalue weighted by atomic mass is 15.3. The minimum absolute atomic E-state index is 0.855. The maximum Gasteiger partial charge on any atom is 0.0240 e. The summed E-state index contributed by atoms with van der Waals surface area (Å²) in [6, 6.07) is 16.4.